The molecule has 24 heavy (non-hydrogen) atoms. The Balaban J connectivity index is 1.46. The van der Waals surface area contributed by atoms with Crippen molar-refractivity contribution >= 4 is 11.0 Å². The first kappa shape index (κ1) is 15.4. The summed E-state index contributed by atoms with van der Waals surface area (Å²) in [5.41, 5.74) is 2.17. The molecule has 4 rings (SSSR count). The fraction of sp³-hybridized carbons (Fsp3) is 0.421. The molecule has 126 valence electrons. The highest BCUT2D eigenvalue weighted by Gasteiger charge is 2.31. The van der Waals surface area contributed by atoms with Crippen molar-refractivity contribution < 1.29 is 9.15 Å². The van der Waals surface area contributed by atoms with Crippen molar-refractivity contribution in [3.63, 3.8) is 0 Å². The first-order valence-electron chi connectivity index (χ1n) is 8.56. The number of ether oxygens (including phenoxy) is 1. The molecule has 5 nitrogen and oxygen atoms in total. The van der Waals surface area contributed by atoms with E-state index >= 15 is 0 Å². The number of furan rings is 1. The topological polar surface area (TPSA) is 63.1 Å². The number of imidazole rings is 1. The molecule has 1 aromatic carbocycles. The average molecular weight is 325 g/mol. The van der Waals surface area contributed by atoms with E-state index < -0.39 is 0 Å². The Morgan fingerprint density at radius 2 is 2.25 bits per heavy atom. The molecule has 1 unspecified atom stereocenters. The van der Waals surface area contributed by atoms with E-state index in [-0.39, 0.29) is 12.1 Å². The molecule has 0 radical (unpaired) electrons. The first-order valence-corrected chi connectivity index (χ1v) is 8.56. The van der Waals surface area contributed by atoms with E-state index in [2.05, 4.69) is 41.3 Å². The second-order valence-electron chi connectivity index (χ2n) is 6.53. The minimum Gasteiger partial charge on any atom is -0.459 e. The van der Waals surface area contributed by atoms with Crippen LogP contribution in [-0.4, -0.2) is 23.1 Å². The third-order valence-electron chi connectivity index (χ3n) is 4.96. The highest BCUT2D eigenvalue weighted by molar-refractivity contribution is 5.82. The van der Waals surface area contributed by atoms with Gasteiger partial charge in [-0.25, -0.2) is 4.98 Å². The fourth-order valence-corrected chi connectivity index (χ4v) is 3.61. The Bertz CT molecular complexity index is 809. The van der Waals surface area contributed by atoms with Gasteiger partial charge in [0.2, 0.25) is 0 Å². The maximum atomic E-state index is 6.06. The smallest absolute Gasteiger partial charge is 0.135 e. The van der Waals surface area contributed by atoms with Crippen molar-refractivity contribution in [3.8, 4) is 0 Å². The van der Waals surface area contributed by atoms with Gasteiger partial charge in [-0.3, -0.25) is 0 Å². The zero-order valence-corrected chi connectivity index (χ0v) is 14.1. The number of H-pyrrole nitrogens is 1. The van der Waals surface area contributed by atoms with E-state index in [1.165, 1.54) is 10.9 Å². The predicted octanol–water partition coefficient (Wildman–Crippen LogP) is 3.89. The Morgan fingerprint density at radius 1 is 1.38 bits per heavy atom. The molecule has 0 spiro atoms. The van der Waals surface area contributed by atoms with Crippen molar-refractivity contribution in [2.24, 2.45) is 5.92 Å². The van der Waals surface area contributed by atoms with Gasteiger partial charge < -0.3 is 19.5 Å². The van der Waals surface area contributed by atoms with Gasteiger partial charge in [-0.05, 0) is 31.9 Å². The maximum absolute atomic E-state index is 6.06. The Hall–Kier alpha value is -2.11. The SMILES string of the molecule is Cc1c(C(C)NC[C@@H]2CCO[C@H]2c2ncc[nH]2)oc2ccccc12. The second kappa shape index (κ2) is 6.42. The molecule has 0 aliphatic carbocycles. The minimum atomic E-state index is 0.0523. The number of aromatic amines is 1. The summed E-state index contributed by atoms with van der Waals surface area (Å²) in [6.07, 6.45) is 4.73. The zero-order chi connectivity index (χ0) is 16.5. The van der Waals surface area contributed by atoms with Crippen LogP contribution in [0, 0.1) is 12.8 Å². The van der Waals surface area contributed by atoms with Crippen molar-refractivity contribution in [2.75, 3.05) is 13.2 Å². The monoisotopic (exact) mass is 325 g/mol. The molecule has 5 heteroatoms. The summed E-state index contributed by atoms with van der Waals surface area (Å²) in [6, 6.07) is 8.36. The van der Waals surface area contributed by atoms with Crippen molar-refractivity contribution in [1.29, 1.82) is 0 Å². The molecule has 3 atom stereocenters. The van der Waals surface area contributed by atoms with Gasteiger partial charge in [0.1, 0.15) is 23.3 Å². The van der Waals surface area contributed by atoms with Crippen LogP contribution in [0.15, 0.2) is 41.1 Å². The van der Waals surface area contributed by atoms with Gasteiger partial charge in [-0.1, -0.05) is 18.2 Å². The third-order valence-corrected chi connectivity index (χ3v) is 4.96. The predicted molar refractivity (Wildman–Crippen MR) is 92.8 cm³/mol. The van der Waals surface area contributed by atoms with Crippen LogP contribution in [0.25, 0.3) is 11.0 Å². The number of fused-ring (bicyclic) bond motifs is 1. The molecular weight excluding hydrogens is 302 g/mol. The van der Waals surface area contributed by atoms with Crippen molar-refractivity contribution in [2.45, 2.75) is 32.4 Å². The third kappa shape index (κ3) is 2.74. The molecule has 2 N–H and O–H groups in total. The van der Waals surface area contributed by atoms with Gasteiger partial charge in [0, 0.05) is 36.8 Å². The lowest BCUT2D eigenvalue weighted by atomic mass is 10.00. The quantitative estimate of drug-likeness (QED) is 0.747. The molecule has 1 aliphatic heterocycles. The lowest BCUT2D eigenvalue weighted by molar-refractivity contribution is 0.0833. The lowest BCUT2D eigenvalue weighted by Crippen LogP contribution is -2.27. The van der Waals surface area contributed by atoms with Crippen molar-refractivity contribution in [3.05, 3.63) is 53.8 Å². The van der Waals surface area contributed by atoms with E-state index in [9.17, 15) is 0 Å². The van der Waals surface area contributed by atoms with Crippen LogP contribution in [0.3, 0.4) is 0 Å². The average Bonchev–Trinajstić information content (AvgIpc) is 3.32. The molecule has 1 aliphatic rings. The Labute approximate surface area is 141 Å². The minimum absolute atomic E-state index is 0.0523. The van der Waals surface area contributed by atoms with Crippen molar-refractivity contribution in [1.82, 2.24) is 15.3 Å². The molecule has 0 bridgehead atoms. The lowest BCUT2D eigenvalue weighted by Gasteiger charge is -2.20. The summed E-state index contributed by atoms with van der Waals surface area (Å²) < 4.78 is 11.9. The number of benzene rings is 1. The molecule has 0 amide bonds. The van der Waals surface area contributed by atoms with Gasteiger partial charge >= 0.3 is 0 Å². The van der Waals surface area contributed by atoms with Crippen LogP contribution in [0.2, 0.25) is 0 Å². The highest BCUT2D eigenvalue weighted by atomic mass is 16.5. The number of para-hydroxylation sites is 1. The van der Waals surface area contributed by atoms with E-state index in [1.807, 2.05) is 18.3 Å². The van der Waals surface area contributed by atoms with Crippen LogP contribution in [0.1, 0.15) is 42.6 Å². The Kier molecular flexibility index (Phi) is 4.12. The molecule has 3 heterocycles. The Morgan fingerprint density at radius 3 is 3.04 bits per heavy atom. The van der Waals surface area contributed by atoms with E-state index in [4.69, 9.17) is 9.15 Å². The molecule has 2 aromatic heterocycles. The largest absolute Gasteiger partial charge is 0.459 e. The van der Waals surface area contributed by atoms with Gasteiger partial charge in [0.05, 0.1) is 6.04 Å². The van der Waals surface area contributed by atoms with Crippen LogP contribution in [0.5, 0.6) is 0 Å². The van der Waals surface area contributed by atoms with Crippen LogP contribution < -0.4 is 5.32 Å². The summed E-state index contributed by atoms with van der Waals surface area (Å²) in [5, 5.41) is 4.81. The fourth-order valence-electron chi connectivity index (χ4n) is 3.61. The maximum Gasteiger partial charge on any atom is 0.135 e. The molecule has 0 saturated carbocycles. The van der Waals surface area contributed by atoms with Gasteiger partial charge in [-0.15, -0.1) is 0 Å². The number of aromatic nitrogens is 2. The summed E-state index contributed by atoms with van der Waals surface area (Å²) in [4.78, 5) is 7.52. The summed E-state index contributed by atoms with van der Waals surface area (Å²) in [6.45, 7) is 5.95. The summed E-state index contributed by atoms with van der Waals surface area (Å²) in [7, 11) is 0. The molecule has 1 fully saturated rings. The molecular formula is C19H23N3O2. The normalized spacial score (nSPS) is 22.2. The number of aryl methyl sites for hydroxylation is 1. The van der Waals surface area contributed by atoms with E-state index in [0.29, 0.717) is 5.92 Å². The standard InChI is InChI=1S/C19H23N3O2/c1-12-15-5-3-4-6-16(15)24-17(12)13(2)22-11-14-7-10-23-18(14)19-20-8-9-21-19/h3-6,8-9,13-14,18,22H,7,10-11H2,1-2H3,(H,20,21)/t13?,14-,18+/m0/s1. The zero-order valence-electron chi connectivity index (χ0n) is 14.1. The van der Waals surface area contributed by atoms with Crippen LogP contribution in [0.4, 0.5) is 0 Å². The highest BCUT2D eigenvalue weighted by Crippen LogP contribution is 2.33. The number of hydrogen-bond donors (Lipinski definition) is 2. The van der Waals surface area contributed by atoms with Gasteiger partial charge in [0.15, 0.2) is 0 Å². The van der Waals surface area contributed by atoms with Crippen LogP contribution >= 0.6 is 0 Å². The van der Waals surface area contributed by atoms with Gasteiger partial charge in [-0.2, -0.15) is 0 Å². The number of nitrogens with zero attached hydrogens (tertiary/aromatic N) is 1. The molecule has 1 saturated heterocycles. The van der Waals surface area contributed by atoms with E-state index in [1.54, 1.807) is 6.20 Å². The first-order chi connectivity index (χ1) is 11.7. The number of hydrogen-bond acceptors (Lipinski definition) is 4. The van der Waals surface area contributed by atoms with Crippen LogP contribution in [-0.2, 0) is 4.74 Å². The van der Waals surface area contributed by atoms with E-state index in [0.717, 1.165) is 36.7 Å². The number of nitrogens with one attached hydrogen (secondary N) is 2. The second-order valence-corrected chi connectivity index (χ2v) is 6.53. The summed E-state index contributed by atoms with van der Waals surface area (Å²) >= 11 is 0. The molecule has 3 aromatic rings. The van der Waals surface area contributed by atoms with Gasteiger partial charge in [0.25, 0.3) is 0 Å². The number of rotatable bonds is 5. The summed E-state index contributed by atoms with van der Waals surface area (Å²) in [5.74, 6) is 2.36.